The number of hydrogen-bond acceptors (Lipinski definition) is 3. The predicted molar refractivity (Wildman–Crippen MR) is 53.1 cm³/mol. The average Bonchev–Trinajstić information content (AvgIpc) is 2.16. The Bertz CT molecular complexity index is 252. The Hall–Kier alpha value is -0.281. The summed E-state index contributed by atoms with van der Waals surface area (Å²) >= 11 is 0.932. The van der Waals surface area contributed by atoms with E-state index >= 15 is 0 Å². The van der Waals surface area contributed by atoms with Crippen molar-refractivity contribution in [1.29, 1.82) is 0 Å². The summed E-state index contributed by atoms with van der Waals surface area (Å²) in [5.41, 5.74) is 1.17. The Labute approximate surface area is 82.3 Å². The Morgan fingerprint density at radius 3 is 2.67 bits per heavy atom. The molecular formula is C8H9NOSSe. The summed E-state index contributed by atoms with van der Waals surface area (Å²) in [6.07, 6.45) is 0. The maximum atomic E-state index is 10.9. The number of hydrogen-bond donors (Lipinski definition) is 1. The molecule has 1 rings (SSSR count). The minimum atomic E-state index is -0.362. The fourth-order valence-electron chi connectivity index (χ4n) is 0.751. The molecule has 0 atom stereocenters. The van der Waals surface area contributed by atoms with Gasteiger partial charge >= 0.3 is 82.1 Å². The number of carbonyl (C=O) groups is 1. The average molecular weight is 246 g/mol. The van der Waals surface area contributed by atoms with E-state index in [1.807, 2.05) is 30.3 Å². The van der Waals surface area contributed by atoms with Crippen LogP contribution < -0.4 is 4.75 Å². The maximum absolute atomic E-state index is 10.9. The summed E-state index contributed by atoms with van der Waals surface area (Å²) in [6.45, 7) is 0. The fourth-order valence-corrected chi connectivity index (χ4v) is 2.09. The molecule has 0 amide bonds. The first-order valence-electron chi connectivity index (χ1n) is 3.40. The molecule has 0 aliphatic rings. The van der Waals surface area contributed by atoms with Crippen LogP contribution in [0.2, 0.25) is 0 Å². The van der Waals surface area contributed by atoms with Crippen molar-refractivity contribution >= 4 is 31.0 Å². The van der Waals surface area contributed by atoms with E-state index in [4.69, 9.17) is 4.75 Å². The van der Waals surface area contributed by atoms with Crippen molar-refractivity contribution < 1.29 is 4.79 Å². The van der Waals surface area contributed by atoms with Gasteiger partial charge in [-0.25, -0.2) is 0 Å². The topological polar surface area (TPSA) is 43.1 Å². The van der Waals surface area contributed by atoms with Gasteiger partial charge in [0.25, 0.3) is 0 Å². The molecule has 1 aromatic rings. The van der Waals surface area contributed by atoms with Gasteiger partial charge in [0, 0.05) is 0 Å². The van der Waals surface area contributed by atoms with Crippen LogP contribution in [0.25, 0.3) is 0 Å². The number of rotatable bonds is 3. The molecule has 0 saturated heterocycles. The molecular weight excluding hydrogens is 237 g/mol. The third kappa shape index (κ3) is 3.41. The first-order valence-corrected chi connectivity index (χ1v) is 6.23. The zero-order chi connectivity index (χ0) is 8.81. The molecule has 0 spiro atoms. The van der Waals surface area contributed by atoms with Crippen molar-refractivity contribution in [2.75, 3.05) is 0 Å². The molecule has 12 heavy (non-hydrogen) atoms. The first-order chi connectivity index (χ1) is 5.83. The number of nitrogens with two attached hydrogens (primary N) is 1. The molecule has 1 aromatic carbocycles. The Morgan fingerprint density at radius 1 is 1.42 bits per heavy atom. The molecule has 0 bridgehead atoms. The van der Waals surface area contributed by atoms with E-state index in [0.29, 0.717) is 0 Å². The second-order valence-corrected chi connectivity index (χ2v) is 4.95. The van der Waals surface area contributed by atoms with Gasteiger partial charge in [-0.05, 0) is 0 Å². The number of benzene rings is 1. The van der Waals surface area contributed by atoms with Crippen LogP contribution in [0.15, 0.2) is 30.3 Å². The molecule has 0 aromatic heterocycles. The number of thioether (sulfide) groups is 1. The van der Waals surface area contributed by atoms with Crippen LogP contribution in [-0.2, 0) is 5.75 Å². The van der Waals surface area contributed by atoms with E-state index < -0.39 is 0 Å². The predicted octanol–water partition coefficient (Wildman–Crippen LogP) is 1.62. The van der Waals surface area contributed by atoms with Crippen LogP contribution in [0, 0.1) is 0 Å². The van der Waals surface area contributed by atoms with Gasteiger partial charge in [0.15, 0.2) is 0 Å². The van der Waals surface area contributed by atoms with Gasteiger partial charge in [0.1, 0.15) is 0 Å². The molecule has 0 unspecified atom stereocenters. The summed E-state index contributed by atoms with van der Waals surface area (Å²) in [5.74, 6) is 0.735. The minimum absolute atomic E-state index is 0.103. The Balaban J connectivity index is 2.38. The molecule has 0 fully saturated rings. The zero-order valence-corrected chi connectivity index (χ0v) is 8.93. The quantitative estimate of drug-likeness (QED) is 0.824. The molecule has 2 nitrogen and oxygen atoms in total. The van der Waals surface area contributed by atoms with Crippen LogP contribution in [0.4, 0.5) is 4.79 Å². The van der Waals surface area contributed by atoms with Gasteiger partial charge in [-0.2, -0.15) is 0 Å². The summed E-state index contributed by atoms with van der Waals surface area (Å²) in [5, 5.41) is 0. The van der Waals surface area contributed by atoms with Crippen molar-refractivity contribution in [3.8, 4) is 0 Å². The van der Waals surface area contributed by atoms with Crippen LogP contribution in [0.5, 0.6) is 0 Å². The van der Waals surface area contributed by atoms with Gasteiger partial charge in [-0.1, -0.05) is 0 Å². The van der Waals surface area contributed by atoms with E-state index in [1.165, 1.54) is 17.3 Å². The van der Waals surface area contributed by atoms with Gasteiger partial charge < -0.3 is 0 Å². The fraction of sp³-hybridized carbons (Fsp3) is 0.125. The van der Waals surface area contributed by atoms with E-state index in [9.17, 15) is 4.79 Å². The third-order valence-corrected chi connectivity index (χ3v) is 3.65. The second-order valence-electron chi connectivity index (χ2n) is 2.14. The summed E-state index contributed by atoms with van der Waals surface area (Å²) in [7, 11) is 0. The zero-order valence-electron chi connectivity index (χ0n) is 6.40. The standard InChI is InChI=1S/C8H9NOSSe/c9-12-8(10)11-6-7-4-2-1-3-5-7/h1-5H,6,9H2. The van der Waals surface area contributed by atoms with Crippen molar-refractivity contribution in [3.63, 3.8) is 0 Å². The van der Waals surface area contributed by atoms with Crippen LogP contribution in [-0.4, -0.2) is 19.2 Å². The number of carbonyl (C=O) groups excluding carboxylic acids is 1. The third-order valence-electron chi connectivity index (χ3n) is 1.30. The van der Waals surface area contributed by atoms with Crippen molar-refractivity contribution in [2.45, 2.75) is 5.75 Å². The second kappa shape index (κ2) is 5.38. The van der Waals surface area contributed by atoms with Crippen molar-refractivity contribution in [3.05, 3.63) is 35.9 Å². The van der Waals surface area contributed by atoms with E-state index in [0.717, 1.165) is 5.75 Å². The summed E-state index contributed by atoms with van der Waals surface area (Å²) in [6, 6.07) is 9.90. The van der Waals surface area contributed by atoms with E-state index in [1.54, 1.807) is 0 Å². The SMILES string of the molecule is N[Se]C(=O)SCc1ccccc1. The Kier molecular flexibility index (Phi) is 4.40. The normalized spacial score (nSPS) is 9.75. The summed E-state index contributed by atoms with van der Waals surface area (Å²) < 4.78 is 5.33. The van der Waals surface area contributed by atoms with E-state index in [-0.39, 0.29) is 19.2 Å². The van der Waals surface area contributed by atoms with Crippen LogP contribution >= 0.6 is 11.8 Å². The van der Waals surface area contributed by atoms with Gasteiger partial charge in [-0.15, -0.1) is 0 Å². The van der Waals surface area contributed by atoms with Gasteiger partial charge in [0.2, 0.25) is 0 Å². The van der Waals surface area contributed by atoms with Crippen LogP contribution in [0.3, 0.4) is 0 Å². The Morgan fingerprint density at radius 2 is 2.08 bits per heavy atom. The molecule has 0 saturated carbocycles. The molecule has 4 heteroatoms. The van der Waals surface area contributed by atoms with Crippen LogP contribution in [0.1, 0.15) is 5.56 Å². The van der Waals surface area contributed by atoms with Crippen molar-refractivity contribution in [2.24, 2.45) is 4.75 Å². The van der Waals surface area contributed by atoms with Gasteiger partial charge in [-0.3, -0.25) is 0 Å². The first kappa shape index (κ1) is 9.80. The molecule has 64 valence electrons. The van der Waals surface area contributed by atoms with Gasteiger partial charge in [0.05, 0.1) is 0 Å². The molecule has 0 aliphatic carbocycles. The van der Waals surface area contributed by atoms with Crippen molar-refractivity contribution in [1.82, 2.24) is 0 Å². The molecule has 2 N–H and O–H groups in total. The molecule has 0 heterocycles. The summed E-state index contributed by atoms with van der Waals surface area (Å²) in [4.78, 5) is 10.9. The van der Waals surface area contributed by atoms with E-state index in [2.05, 4.69) is 0 Å². The molecule has 0 radical (unpaired) electrons. The monoisotopic (exact) mass is 247 g/mol. The molecule has 0 aliphatic heterocycles.